The number of amides is 1. The number of thiophene rings is 1. The number of nitrogens with one attached hydrogen (secondary N) is 3. The summed E-state index contributed by atoms with van der Waals surface area (Å²) in [5.74, 6) is 0.645. The Hall–Kier alpha value is -0.870. The normalized spacial score (nSPS) is 14.2. The molecule has 6 nitrogen and oxygen atoms in total. The van der Waals surface area contributed by atoms with Gasteiger partial charge in [0, 0.05) is 29.9 Å². The molecule has 144 valence electrons. The summed E-state index contributed by atoms with van der Waals surface area (Å²) in [5.41, 5.74) is -1.38. The molecule has 0 aromatic carbocycles. The zero-order chi connectivity index (χ0) is 18.2. The highest BCUT2D eigenvalue weighted by molar-refractivity contribution is 14.0. The summed E-state index contributed by atoms with van der Waals surface area (Å²) in [6.07, 6.45) is 0. The zero-order valence-electron chi connectivity index (χ0n) is 15.7. The van der Waals surface area contributed by atoms with Crippen molar-refractivity contribution in [1.29, 1.82) is 0 Å². The molecular formula is C17H31IN4O2S. The number of hydrogen-bond acceptors (Lipinski definition) is 4. The molecule has 1 aromatic heterocycles. The van der Waals surface area contributed by atoms with Crippen LogP contribution in [0.1, 0.15) is 39.5 Å². The van der Waals surface area contributed by atoms with Gasteiger partial charge in [-0.3, -0.25) is 4.79 Å². The van der Waals surface area contributed by atoms with Gasteiger partial charge in [0.15, 0.2) is 5.96 Å². The molecule has 0 aliphatic carbocycles. The summed E-state index contributed by atoms with van der Waals surface area (Å²) >= 11 is 1.51. The number of carbonyl (C=O) groups excluding carboxylic acids is 1. The number of nitrogens with zero attached hydrogens (tertiary/aromatic N) is 1. The quantitative estimate of drug-likeness (QED) is 0.208. The highest BCUT2D eigenvalue weighted by Gasteiger charge is 2.24. The summed E-state index contributed by atoms with van der Waals surface area (Å²) in [6, 6.07) is 3.82. The van der Waals surface area contributed by atoms with Gasteiger partial charge in [0.2, 0.25) is 5.91 Å². The van der Waals surface area contributed by atoms with Crippen LogP contribution in [0.3, 0.4) is 0 Å². The van der Waals surface area contributed by atoms with Gasteiger partial charge < -0.3 is 21.1 Å². The summed E-state index contributed by atoms with van der Waals surface area (Å²) < 4.78 is 0. The molecule has 1 amide bonds. The van der Waals surface area contributed by atoms with E-state index in [4.69, 9.17) is 0 Å². The maximum atomic E-state index is 11.8. The van der Waals surface area contributed by atoms with E-state index >= 15 is 0 Å². The van der Waals surface area contributed by atoms with Gasteiger partial charge in [-0.2, -0.15) is 0 Å². The fraction of sp³-hybridized carbons (Fsp3) is 0.647. The molecule has 25 heavy (non-hydrogen) atoms. The standard InChI is InChI=1S/C17H30N4O2S.HI/c1-6-18-15(20-10-9-19-14(22)16(2,3)4)21-12-17(5,23)13-8-7-11-24-13;/h7-8,11,23H,6,9-10,12H2,1-5H3,(H,19,22)(H2,18,20,21);1H. The Morgan fingerprint density at radius 1 is 1.20 bits per heavy atom. The van der Waals surface area contributed by atoms with Crippen molar-refractivity contribution in [3.05, 3.63) is 22.4 Å². The van der Waals surface area contributed by atoms with Crippen molar-refractivity contribution in [2.75, 3.05) is 26.2 Å². The van der Waals surface area contributed by atoms with Crippen molar-refractivity contribution in [3.8, 4) is 0 Å². The van der Waals surface area contributed by atoms with Gasteiger partial charge in [0.05, 0.1) is 6.54 Å². The van der Waals surface area contributed by atoms with E-state index in [1.54, 1.807) is 6.92 Å². The lowest BCUT2D eigenvalue weighted by atomic mass is 9.96. The van der Waals surface area contributed by atoms with Crippen LogP contribution in [0.2, 0.25) is 0 Å². The van der Waals surface area contributed by atoms with Crippen LogP contribution in [0.25, 0.3) is 0 Å². The Labute approximate surface area is 171 Å². The molecule has 1 aromatic rings. The van der Waals surface area contributed by atoms with Gasteiger partial charge in [-0.15, -0.1) is 35.3 Å². The second-order valence-electron chi connectivity index (χ2n) is 6.88. The topological polar surface area (TPSA) is 85.8 Å². The third kappa shape index (κ3) is 8.87. The Kier molecular flexibility index (Phi) is 10.6. The second-order valence-corrected chi connectivity index (χ2v) is 7.83. The van der Waals surface area contributed by atoms with Gasteiger partial charge in [-0.1, -0.05) is 26.8 Å². The number of guanidine groups is 1. The van der Waals surface area contributed by atoms with Crippen LogP contribution in [0.5, 0.6) is 0 Å². The molecule has 0 bridgehead atoms. The highest BCUT2D eigenvalue weighted by Crippen LogP contribution is 2.25. The van der Waals surface area contributed by atoms with Crippen LogP contribution < -0.4 is 16.0 Å². The molecule has 0 radical (unpaired) electrons. The van der Waals surface area contributed by atoms with Crippen LogP contribution in [-0.2, 0) is 10.4 Å². The Morgan fingerprint density at radius 3 is 2.36 bits per heavy atom. The van der Waals surface area contributed by atoms with E-state index in [1.807, 2.05) is 45.2 Å². The number of rotatable bonds is 7. The number of hydrogen-bond donors (Lipinski definition) is 4. The van der Waals surface area contributed by atoms with Gasteiger partial charge in [0.1, 0.15) is 5.60 Å². The van der Waals surface area contributed by atoms with Crippen LogP contribution in [0, 0.1) is 5.41 Å². The van der Waals surface area contributed by atoms with Gasteiger partial charge in [-0.25, -0.2) is 4.99 Å². The molecule has 1 heterocycles. The maximum Gasteiger partial charge on any atom is 0.225 e. The molecule has 1 unspecified atom stereocenters. The average Bonchev–Trinajstić information content (AvgIpc) is 3.03. The molecule has 0 spiro atoms. The lowest BCUT2D eigenvalue weighted by molar-refractivity contribution is -0.128. The van der Waals surface area contributed by atoms with Crippen LogP contribution in [0.15, 0.2) is 22.5 Å². The fourth-order valence-corrected chi connectivity index (χ4v) is 2.64. The first-order valence-electron chi connectivity index (χ1n) is 8.23. The van der Waals surface area contributed by atoms with E-state index in [2.05, 4.69) is 20.9 Å². The van der Waals surface area contributed by atoms with Crippen molar-refractivity contribution in [2.24, 2.45) is 10.4 Å². The van der Waals surface area contributed by atoms with Crippen LogP contribution in [0.4, 0.5) is 0 Å². The Bertz CT molecular complexity index is 539. The predicted molar refractivity (Wildman–Crippen MR) is 116 cm³/mol. The van der Waals surface area contributed by atoms with Crippen molar-refractivity contribution < 1.29 is 9.90 Å². The van der Waals surface area contributed by atoms with E-state index in [-0.39, 0.29) is 36.4 Å². The number of aliphatic imine (C=N–C) groups is 1. The molecule has 0 saturated carbocycles. The average molecular weight is 482 g/mol. The third-order valence-corrected chi connectivity index (χ3v) is 4.45. The molecule has 8 heteroatoms. The Balaban J connectivity index is 0.00000576. The molecule has 0 aliphatic heterocycles. The number of aliphatic hydroxyl groups is 1. The molecule has 0 fully saturated rings. The van der Waals surface area contributed by atoms with Crippen LogP contribution >= 0.6 is 35.3 Å². The second kappa shape index (κ2) is 11.0. The summed E-state index contributed by atoms with van der Waals surface area (Å²) in [4.78, 5) is 17.1. The number of carbonyl (C=O) groups is 1. The molecule has 0 saturated heterocycles. The largest absolute Gasteiger partial charge is 0.383 e. The lowest BCUT2D eigenvalue weighted by Crippen LogP contribution is -2.44. The number of halogens is 1. The van der Waals surface area contributed by atoms with E-state index in [0.29, 0.717) is 19.0 Å². The Morgan fingerprint density at radius 2 is 1.84 bits per heavy atom. The van der Waals surface area contributed by atoms with E-state index in [1.165, 1.54) is 11.3 Å². The summed E-state index contributed by atoms with van der Waals surface area (Å²) in [7, 11) is 0. The van der Waals surface area contributed by atoms with E-state index in [9.17, 15) is 9.90 Å². The van der Waals surface area contributed by atoms with Crippen molar-refractivity contribution in [2.45, 2.75) is 40.2 Å². The first kappa shape index (κ1) is 24.1. The smallest absolute Gasteiger partial charge is 0.225 e. The van der Waals surface area contributed by atoms with Crippen LogP contribution in [-0.4, -0.2) is 43.2 Å². The minimum atomic E-state index is -0.989. The lowest BCUT2D eigenvalue weighted by Gasteiger charge is -2.21. The first-order valence-corrected chi connectivity index (χ1v) is 9.11. The molecule has 1 rings (SSSR count). The molecular weight excluding hydrogens is 451 g/mol. The molecule has 4 N–H and O–H groups in total. The minimum Gasteiger partial charge on any atom is -0.383 e. The van der Waals surface area contributed by atoms with E-state index in [0.717, 1.165) is 11.4 Å². The van der Waals surface area contributed by atoms with Gasteiger partial charge in [0.25, 0.3) is 0 Å². The summed E-state index contributed by atoms with van der Waals surface area (Å²) in [6.45, 7) is 11.5. The maximum absolute atomic E-state index is 11.8. The predicted octanol–water partition coefficient (Wildman–Crippen LogP) is 2.29. The zero-order valence-corrected chi connectivity index (χ0v) is 18.8. The summed E-state index contributed by atoms with van der Waals surface area (Å²) in [5, 5.41) is 21.6. The van der Waals surface area contributed by atoms with Gasteiger partial charge >= 0.3 is 0 Å². The monoisotopic (exact) mass is 482 g/mol. The third-order valence-electron chi connectivity index (χ3n) is 3.33. The van der Waals surface area contributed by atoms with Gasteiger partial charge in [-0.05, 0) is 25.3 Å². The molecule has 0 aliphatic rings. The molecule has 1 atom stereocenters. The van der Waals surface area contributed by atoms with Crippen molar-refractivity contribution in [1.82, 2.24) is 16.0 Å². The SMILES string of the molecule is CCNC(=NCC(C)(O)c1cccs1)NCCNC(=O)C(C)(C)C.I. The van der Waals surface area contributed by atoms with Crippen molar-refractivity contribution >= 4 is 47.2 Å². The van der Waals surface area contributed by atoms with Crippen molar-refractivity contribution in [3.63, 3.8) is 0 Å². The highest BCUT2D eigenvalue weighted by atomic mass is 127. The minimum absolute atomic E-state index is 0. The van der Waals surface area contributed by atoms with E-state index < -0.39 is 11.0 Å². The fourth-order valence-electron chi connectivity index (χ4n) is 1.86. The first-order chi connectivity index (χ1) is 11.2.